The second-order valence-electron chi connectivity index (χ2n) is 5.19. The molecule has 2 nitrogen and oxygen atoms in total. The molecule has 106 valence electrons. The maximum Gasteiger partial charge on any atom is 0.159 e. The normalized spacial score (nSPS) is 12.2. The summed E-state index contributed by atoms with van der Waals surface area (Å²) in [7, 11) is 0. The molecule has 19 heavy (non-hydrogen) atoms. The molecule has 0 radical (unpaired) electrons. The summed E-state index contributed by atoms with van der Waals surface area (Å²) < 4.78 is 5.86. The van der Waals surface area contributed by atoms with Gasteiger partial charge in [0.15, 0.2) is 5.78 Å². The molecule has 0 bridgehead atoms. The smallest absolute Gasteiger partial charge is 0.159 e. The molecule has 1 unspecified atom stereocenters. The molecule has 0 saturated carbocycles. The van der Waals surface area contributed by atoms with Crippen LogP contribution in [0.1, 0.15) is 63.2 Å². The van der Waals surface area contributed by atoms with Crippen molar-refractivity contribution in [1.29, 1.82) is 0 Å². The molecule has 0 spiro atoms. The van der Waals surface area contributed by atoms with Crippen LogP contribution >= 0.6 is 0 Å². The molecule has 0 aromatic heterocycles. The molecular formula is C17H26O2. The molecule has 0 N–H and O–H groups in total. The summed E-state index contributed by atoms with van der Waals surface area (Å²) in [6, 6.07) is 7.48. The number of hydrogen-bond acceptors (Lipinski definition) is 2. The molecule has 2 heteroatoms. The number of Topliss-reactive ketones (excluding diaryl/α,β-unsaturated/α-hetero) is 1. The molecule has 0 amide bonds. The van der Waals surface area contributed by atoms with Crippen molar-refractivity contribution in [2.45, 2.75) is 52.9 Å². The Morgan fingerprint density at radius 1 is 1.21 bits per heavy atom. The van der Waals surface area contributed by atoms with Gasteiger partial charge in [0.1, 0.15) is 5.75 Å². The highest BCUT2D eigenvalue weighted by molar-refractivity contribution is 5.94. The van der Waals surface area contributed by atoms with Crippen molar-refractivity contribution in [1.82, 2.24) is 0 Å². The first kappa shape index (κ1) is 15.7. The van der Waals surface area contributed by atoms with Crippen LogP contribution in [0.2, 0.25) is 0 Å². The molecule has 1 aromatic rings. The second-order valence-corrected chi connectivity index (χ2v) is 5.19. The van der Waals surface area contributed by atoms with E-state index in [0.29, 0.717) is 5.92 Å². The third-order valence-corrected chi connectivity index (χ3v) is 3.39. The summed E-state index contributed by atoms with van der Waals surface area (Å²) in [5.41, 5.74) is 0.720. The lowest BCUT2D eigenvalue weighted by molar-refractivity contribution is 0.101. The van der Waals surface area contributed by atoms with E-state index in [0.717, 1.165) is 17.9 Å². The van der Waals surface area contributed by atoms with E-state index in [1.165, 1.54) is 32.1 Å². The van der Waals surface area contributed by atoms with Gasteiger partial charge in [0, 0.05) is 5.56 Å². The Morgan fingerprint density at radius 2 is 2.00 bits per heavy atom. The highest BCUT2D eigenvalue weighted by Crippen LogP contribution is 2.19. The minimum absolute atomic E-state index is 0.0848. The van der Waals surface area contributed by atoms with Crippen molar-refractivity contribution < 1.29 is 9.53 Å². The molecule has 1 rings (SSSR count). The van der Waals surface area contributed by atoms with Crippen LogP contribution in [0.3, 0.4) is 0 Å². The van der Waals surface area contributed by atoms with Gasteiger partial charge >= 0.3 is 0 Å². The summed E-state index contributed by atoms with van der Waals surface area (Å²) in [4.78, 5) is 11.3. The Labute approximate surface area is 117 Å². The molecule has 0 heterocycles. The fourth-order valence-electron chi connectivity index (χ4n) is 2.23. The van der Waals surface area contributed by atoms with Crippen LogP contribution < -0.4 is 4.74 Å². The van der Waals surface area contributed by atoms with Gasteiger partial charge < -0.3 is 4.74 Å². The van der Waals surface area contributed by atoms with Gasteiger partial charge in [0.05, 0.1) is 6.61 Å². The first-order valence-corrected chi connectivity index (χ1v) is 7.41. The minimum atomic E-state index is 0.0848. The molecule has 1 atom stereocenters. The average molecular weight is 262 g/mol. The average Bonchev–Trinajstić information content (AvgIpc) is 2.42. The van der Waals surface area contributed by atoms with E-state index in [1.54, 1.807) is 6.92 Å². The Hall–Kier alpha value is -1.31. The van der Waals surface area contributed by atoms with E-state index in [9.17, 15) is 4.79 Å². The number of ketones is 1. The van der Waals surface area contributed by atoms with E-state index in [2.05, 4.69) is 13.8 Å². The lowest BCUT2D eigenvalue weighted by atomic mass is 9.98. The van der Waals surface area contributed by atoms with Gasteiger partial charge in [0.25, 0.3) is 0 Å². The van der Waals surface area contributed by atoms with Gasteiger partial charge in [-0.1, -0.05) is 45.2 Å². The predicted octanol–water partition coefficient (Wildman–Crippen LogP) is 4.87. The molecule has 0 aliphatic carbocycles. The van der Waals surface area contributed by atoms with Gasteiger partial charge in [-0.25, -0.2) is 0 Å². The van der Waals surface area contributed by atoms with E-state index in [1.807, 2.05) is 24.3 Å². The van der Waals surface area contributed by atoms with E-state index >= 15 is 0 Å². The first-order chi connectivity index (χ1) is 9.17. The lowest BCUT2D eigenvalue weighted by Crippen LogP contribution is -2.12. The number of carbonyl (C=O) groups excluding carboxylic acids is 1. The Kier molecular flexibility index (Phi) is 7.24. The standard InChI is InChI=1S/C17H26O2/c1-4-6-9-15(8-5-2)13-19-17-11-7-10-16(12-17)14(3)18/h7,10-12,15H,4-6,8-9,13H2,1-3H3. The summed E-state index contributed by atoms with van der Waals surface area (Å²) in [5.74, 6) is 1.53. The second kappa shape index (κ2) is 8.73. The van der Waals surface area contributed by atoms with Gasteiger partial charge in [-0.3, -0.25) is 4.79 Å². The van der Waals surface area contributed by atoms with Crippen LogP contribution in [0.4, 0.5) is 0 Å². The third-order valence-electron chi connectivity index (χ3n) is 3.39. The highest BCUT2D eigenvalue weighted by atomic mass is 16.5. The number of benzene rings is 1. The van der Waals surface area contributed by atoms with Crippen LogP contribution in [-0.4, -0.2) is 12.4 Å². The van der Waals surface area contributed by atoms with Crippen molar-refractivity contribution in [2.24, 2.45) is 5.92 Å². The fraction of sp³-hybridized carbons (Fsp3) is 0.588. The van der Waals surface area contributed by atoms with Crippen molar-refractivity contribution in [3.8, 4) is 5.75 Å². The number of rotatable bonds is 9. The Balaban J connectivity index is 2.53. The van der Waals surface area contributed by atoms with Gasteiger partial charge in [0.2, 0.25) is 0 Å². The van der Waals surface area contributed by atoms with Crippen molar-refractivity contribution in [3.63, 3.8) is 0 Å². The van der Waals surface area contributed by atoms with Crippen LogP contribution in [-0.2, 0) is 0 Å². The third kappa shape index (κ3) is 5.91. The van der Waals surface area contributed by atoms with Crippen LogP contribution in [0.15, 0.2) is 24.3 Å². The fourth-order valence-corrected chi connectivity index (χ4v) is 2.23. The van der Waals surface area contributed by atoms with Crippen LogP contribution in [0.5, 0.6) is 5.75 Å². The zero-order chi connectivity index (χ0) is 14.1. The minimum Gasteiger partial charge on any atom is -0.493 e. The molecule has 0 saturated heterocycles. The van der Waals surface area contributed by atoms with E-state index in [4.69, 9.17) is 4.74 Å². The largest absolute Gasteiger partial charge is 0.493 e. The zero-order valence-electron chi connectivity index (χ0n) is 12.4. The van der Waals surface area contributed by atoms with Gasteiger partial charge in [-0.15, -0.1) is 0 Å². The summed E-state index contributed by atoms with van der Waals surface area (Å²) in [5, 5.41) is 0. The predicted molar refractivity (Wildman–Crippen MR) is 79.9 cm³/mol. The van der Waals surface area contributed by atoms with Crippen LogP contribution in [0, 0.1) is 5.92 Å². The Bertz CT molecular complexity index is 385. The monoisotopic (exact) mass is 262 g/mol. The molecule has 0 fully saturated rings. The quantitative estimate of drug-likeness (QED) is 0.593. The SMILES string of the molecule is CCCCC(CCC)COc1cccc(C(C)=O)c1. The highest BCUT2D eigenvalue weighted by Gasteiger charge is 2.09. The molecule has 0 aliphatic heterocycles. The van der Waals surface area contributed by atoms with E-state index < -0.39 is 0 Å². The topological polar surface area (TPSA) is 26.3 Å². The van der Waals surface area contributed by atoms with Crippen molar-refractivity contribution in [3.05, 3.63) is 29.8 Å². The number of carbonyl (C=O) groups is 1. The van der Waals surface area contributed by atoms with Crippen LogP contribution in [0.25, 0.3) is 0 Å². The molecule has 0 aliphatic rings. The maximum atomic E-state index is 11.3. The zero-order valence-corrected chi connectivity index (χ0v) is 12.4. The molecular weight excluding hydrogens is 236 g/mol. The summed E-state index contributed by atoms with van der Waals surface area (Å²) >= 11 is 0. The lowest BCUT2D eigenvalue weighted by Gasteiger charge is -2.17. The first-order valence-electron chi connectivity index (χ1n) is 7.41. The Morgan fingerprint density at radius 3 is 2.63 bits per heavy atom. The summed E-state index contributed by atoms with van der Waals surface area (Å²) in [6.45, 7) is 6.78. The maximum absolute atomic E-state index is 11.3. The molecule has 1 aromatic carbocycles. The van der Waals surface area contributed by atoms with E-state index in [-0.39, 0.29) is 5.78 Å². The number of unbranched alkanes of at least 4 members (excludes halogenated alkanes) is 1. The summed E-state index contributed by atoms with van der Waals surface area (Å²) in [6.07, 6.45) is 6.15. The van der Waals surface area contributed by atoms with Crippen molar-refractivity contribution in [2.75, 3.05) is 6.61 Å². The van der Waals surface area contributed by atoms with Gasteiger partial charge in [-0.05, 0) is 37.8 Å². The van der Waals surface area contributed by atoms with Crippen molar-refractivity contribution >= 4 is 5.78 Å². The number of ether oxygens (including phenoxy) is 1. The number of hydrogen-bond donors (Lipinski definition) is 0. The van der Waals surface area contributed by atoms with Gasteiger partial charge in [-0.2, -0.15) is 0 Å².